The van der Waals surface area contributed by atoms with Crippen LogP contribution in [0.25, 0.3) is 0 Å². The average molecular weight is 380 g/mol. The molecule has 1 aromatic carbocycles. The third-order valence-corrected chi connectivity index (χ3v) is 3.62. The van der Waals surface area contributed by atoms with Crippen LogP contribution in [-0.2, 0) is 6.42 Å². The van der Waals surface area contributed by atoms with Crippen LogP contribution in [-0.4, -0.2) is 25.5 Å². The number of methoxy groups -OCH3 is 1. The van der Waals surface area contributed by atoms with Crippen LogP contribution >= 0.6 is 15.9 Å². The second-order valence-corrected chi connectivity index (χ2v) is 5.24. The van der Waals surface area contributed by atoms with Gasteiger partial charge in [0.1, 0.15) is 5.75 Å². The van der Waals surface area contributed by atoms with E-state index >= 15 is 0 Å². The Bertz CT molecular complexity index is 474. The fourth-order valence-corrected chi connectivity index (χ4v) is 2.29. The van der Waals surface area contributed by atoms with Crippen molar-refractivity contribution < 1.29 is 31.1 Å². The van der Waals surface area contributed by atoms with E-state index in [-0.39, 0.29) is 5.56 Å². The number of halogens is 7. The zero-order valence-corrected chi connectivity index (χ0v) is 12.3. The summed E-state index contributed by atoms with van der Waals surface area (Å²) in [5, 5.41) is 0. The molecule has 1 atom stereocenters. The van der Waals surface area contributed by atoms with E-state index in [1.165, 1.54) is 25.3 Å². The largest absolute Gasteiger partial charge is 0.497 e. The van der Waals surface area contributed by atoms with Gasteiger partial charge < -0.3 is 10.5 Å². The van der Waals surface area contributed by atoms with E-state index in [0.29, 0.717) is 10.2 Å². The highest BCUT2D eigenvalue weighted by molar-refractivity contribution is 9.10. The van der Waals surface area contributed by atoms with Gasteiger partial charge in [-0.2, -0.15) is 26.3 Å². The number of benzene rings is 1. The number of ether oxygens (including phenoxy) is 1. The molecule has 0 bridgehead atoms. The number of nitrogens with two attached hydrogens (primary N) is 1. The maximum absolute atomic E-state index is 12.6. The van der Waals surface area contributed by atoms with E-state index in [9.17, 15) is 26.3 Å². The van der Waals surface area contributed by atoms with Crippen molar-refractivity contribution in [2.75, 3.05) is 7.11 Å². The van der Waals surface area contributed by atoms with Crippen molar-refractivity contribution in [2.45, 2.75) is 24.8 Å². The van der Waals surface area contributed by atoms with Crippen molar-refractivity contribution in [3.63, 3.8) is 0 Å². The Balaban J connectivity index is 3.05. The molecular formula is C12H12BrF6NO. The monoisotopic (exact) mass is 379 g/mol. The predicted octanol–water partition coefficient (Wildman–Crippen LogP) is 4.07. The maximum Gasteiger partial charge on any atom is 0.402 e. The fourth-order valence-electron chi connectivity index (χ4n) is 1.88. The van der Waals surface area contributed by atoms with Crippen LogP contribution in [0.1, 0.15) is 5.56 Å². The number of hydrogen-bond acceptors (Lipinski definition) is 2. The van der Waals surface area contributed by atoms with Crippen molar-refractivity contribution in [1.82, 2.24) is 0 Å². The molecule has 0 radical (unpaired) electrons. The van der Waals surface area contributed by atoms with Crippen molar-refractivity contribution in [2.24, 2.45) is 11.7 Å². The lowest BCUT2D eigenvalue weighted by Gasteiger charge is -2.28. The van der Waals surface area contributed by atoms with E-state index in [1.807, 2.05) is 0 Å². The highest BCUT2D eigenvalue weighted by atomic mass is 79.9. The zero-order chi connectivity index (χ0) is 16.4. The van der Waals surface area contributed by atoms with Gasteiger partial charge >= 0.3 is 12.4 Å². The summed E-state index contributed by atoms with van der Waals surface area (Å²) in [6.45, 7) is 0. The van der Waals surface area contributed by atoms with Crippen LogP contribution in [0.2, 0.25) is 0 Å². The molecule has 0 aliphatic carbocycles. The molecule has 0 saturated carbocycles. The Labute approximate surface area is 125 Å². The first-order chi connectivity index (χ1) is 9.46. The lowest BCUT2D eigenvalue weighted by atomic mass is 9.93. The molecule has 0 spiro atoms. The molecule has 2 nitrogen and oxygen atoms in total. The van der Waals surface area contributed by atoms with Crippen molar-refractivity contribution in [3.05, 3.63) is 28.2 Å². The van der Waals surface area contributed by atoms with E-state index in [4.69, 9.17) is 10.5 Å². The number of hydrogen-bond donors (Lipinski definition) is 1. The standard InChI is InChI=1S/C12H12BrF6NO/c1-21-7-2-3-8(13)6(4-7)5-9(20)10(11(14,15)16)12(17,18)19/h2-4,9-10H,5,20H2,1H3. The summed E-state index contributed by atoms with van der Waals surface area (Å²) in [7, 11) is 1.33. The van der Waals surface area contributed by atoms with Crippen LogP contribution < -0.4 is 10.5 Å². The van der Waals surface area contributed by atoms with Crippen LogP contribution in [0.15, 0.2) is 22.7 Å². The summed E-state index contributed by atoms with van der Waals surface area (Å²) < 4.78 is 80.7. The second-order valence-electron chi connectivity index (χ2n) is 4.39. The lowest BCUT2D eigenvalue weighted by Crippen LogP contribution is -2.49. The number of alkyl halides is 6. The number of rotatable bonds is 4. The first-order valence-corrected chi connectivity index (χ1v) is 6.47. The highest BCUT2D eigenvalue weighted by Gasteiger charge is 2.59. The van der Waals surface area contributed by atoms with Gasteiger partial charge in [0.15, 0.2) is 5.92 Å². The van der Waals surface area contributed by atoms with Crippen molar-refractivity contribution in [1.29, 1.82) is 0 Å². The van der Waals surface area contributed by atoms with Gasteiger partial charge in [0.25, 0.3) is 0 Å². The Kier molecular flexibility index (Phi) is 5.54. The van der Waals surface area contributed by atoms with E-state index in [2.05, 4.69) is 15.9 Å². The van der Waals surface area contributed by atoms with E-state index in [0.717, 1.165) is 0 Å². The maximum atomic E-state index is 12.6. The van der Waals surface area contributed by atoms with Gasteiger partial charge in [0.2, 0.25) is 0 Å². The minimum Gasteiger partial charge on any atom is -0.497 e. The van der Waals surface area contributed by atoms with Gasteiger partial charge in [0.05, 0.1) is 7.11 Å². The molecular weight excluding hydrogens is 368 g/mol. The molecule has 0 fully saturated rings. The Morgan fingerprint density at radius 2 is 1.67 bits per heavy atom. The fraction of sp³-hybridized carbons (Fsp3) is 0.500. The first-order valence-electron chi connectivity index (χ1n) is 5.68. The van der Waals surface area contributed by atoms with E-state index in [1.54, 1.807) is 0 Å². The molecule has 0 aliphatic heterocycles. The predicted molar refractivity (Wildman–Crippen MR) is 68.0 cm³/mol. The third-order valence-electron chi connectivity index (χ3n) is 2.84. The first kappa shape index (κ1) is 18.1. The second kappa shape index (κ2) is 6.43. The molecule has 1 rings (SSSR count). The molecule has 0 aromatic heterocycles. The molecule has 120 valence electrons. The SMILES string of the molecule is COc1ccc(Br)c(CC(N)C(C(F)(F)F)C(F)(F)F)c1. The van der Waals surface area contributed by atoms with Gasteiger partial charge in [-0.05, 0) is 30.2 Å². The van der Waals surface area contributed by atoms with Crippen LogP contribution in [0.3, 0.4) is 0 Å². The van der Waals surface area contributed by atoms with Gasteiger partial charge in [-0.1, -0.05) is 15.9 Å². The summed E-state index contributed by atoms with van der Waals surface area (Å²) in [6, 6.07) is 2.18. The smallest absolute Gasteiger partial charge is 0.402 e. The van der Waals surface area contributed by atoms with Crippen LogP contribution in [0, 0.1) is 5.92 Å². The molecule has 0 aliphatic rings. The summed E-state index contributed by atoms with van der Waals surface area (Å²) >= 11 is 3.06. The summed E-state index contributed by atoms with van der Waals surface area (Å²) in [4.78, 5) is 0. The molecule has 9 heteroatoms. The summed E-state index contributed by atoms with van der Waals surface area (Å²) in [6.07, 6.45) is -11.5. The molecule has 2 N–H and O–H groups in total. The quantitative estimate of drug-likeness (QED) is 0.800. The third kappa shape index (κ3) is 4.77. The van der Waals surface area contributed by atoms with Gasteiger partial charge in [-0.15, -0.1) is 0 Å². The Morgan fingerprint density at radius 1 is 1.14 bits per heavy atom. The molecule has 1 aromatic rings. The Hall–Kier alpha value is -0.960. The topological polar surface area (TPSA) is 35.2 Å². The van der Waals surface area contributed by atoms with E-state index < -0.39 is 30.7 Å². The molecule has 0 saturated heterocycles. The molecule has 21 heavy (non-hydrogen) atoms. The Morgan fingerprint density at radius 3 is 2.10 bits per heavy atom. The normalized spacial score (nSPS) is 14.4. The minimum atomic E-state index is -5.46. The highest BCUT2D eigenvalue weighted by Crippen LogP contribution is 2.42. The summed E-state index contributed by atoms with van der Waals surface area (Å²) in [5.74, 6) is -3.26. The van der Waals surface area contributed by atoms with Gasteiger partial charge in [-0.25, -0.2) is 0 Å². The molecule has 0 amide bonds. The average Bonchev–Trinajstić information content (AvgIpc) is 2.28. The van der Waals surface area contributed by atoms with Gasteiger partial charge in [0, 0.05) is 10.5 Å². The van der Waals surface area contributed by atoms with Crippen molar-refractivity contribution >= 4 is 15.9 Å². The molecule has 1 unspecified atom stereocenters. The molecule has 0 heterocycles. The lowest BCUT2D eigenvalue weighted by molar-refractivity contribution is -0.289. The van der Waals surface area contributed by atoms with Crippen LogP contribution in [0.5, 0.6) is 5.75 Å². The van der Waals surface area contributed by atoms with Crippen molar-refractivity contribution in [3.8, 4) is 5.75 Å². The zero-order valence-electron chi connectivity index (χ0n) is 10.7. The summed E-state index contributed by atoms with van der Waals surface area (Å²) in [5.41, 5.74) is 5.39. The minimum absolute atomic E-state index is 0.209. The van der Waals surface area contributed by atoms with Gasteiger partial charge in [-0.3, -0.25) is 0 Å². The van der Waals surface area contributed by atoms with Crippen LogP contribution in [0.4, 0.5) is 26.3 Å².